The number of carbonyl (C=O) groups is 2. The zero-order valence-electron chi connectivity index (χ0n) is 17.3. The molecule has 32 heavy (non-hydrogen) atoms. The number of likely N-dealkylation sites (N-methyl/N-ethyl adjacent to an activating group) is 1. The van der Waals surface area contributed by atoms with Crippen LogP contribution in [0.25, 0.3) is 5.69 Å². The number of rotatable bonds is 7. The minimum Gasteiger partial charge on any atom is -0.325 e. The molecule has 2 amide bonds. The molecule has 3 rings (SSSR count). The largest absolute Gasteiger partial charge is 0.416 e. The summed E-state index contributed by atoms with van der Waals surface area (Å²) < 4.78 is 40.6. The van der Waals surface area contributed by atoms with Crippen molar-refractivity contribution < 1.29 is 22.8 Å². The Kier molecular flexibility index (Phi) is 6.89. The number of aryl methyl sites for hydroxylation is 1. The SMILES string of the molecule is Cc1ccc(NC(=O)CN(C)CC(=O)Nc2cc(C(F)(F)F)ccc2-n2cncn2)cc1. The smallest absolute Gasteiger partial charge is 0.325 e. The molecule has 2 aromatic carbocycles. The first kappa shape index (κ1) is 22.9. The lowest BCUT2D eigenvalue weighted by molar-refractivity contribution is -0.137. The van der Waals surface area contributed by atoms with Crippen molar-refractivity contribution in [2.24, 2.45) is 0 Å². The van der Waals surface area contributed by atoms with Crippen LogP contribution < -0.4 is 10.6 Å². The lowest BCUT2D eigenvalue weighted by Gasteiger charge is -2.18. The summed E-state index contributed by atoms with van der Waals surface area (Å²) in [5.41, 5.74) is 0.912. The highest BCUT2D eigenvalue weighted by Crippen LogP contribution is 2.33. The van der Waals surface area contributed by atoms with Gasteiger partial charge in [-0.1, -0.05) is 17.7 Å². The number of hydrogen-bond acceptors (Lipinski definition) is 5. The van der Waals surface area contributed by atoms with E-state index in [9.17, 15) is 22.8 Å². The maximum atomic E-state index is 13.1. The summed E-state index contributed by atoms with van der Waals surface area (Å²) in [5, 5.41) is 9.09. The van der Waals surface area contributed by atoms with Gasteiger partial charge in [-0.15, -0.1) is 0 Å². The van der Waals surface area contributed by atoms with Gasteiger partial charge in [-0.25, -0.2) is 9.67 Å². The summed E-state index contributed by atoms with van der Waals surface area (Å²) in [5.74, 6) is -0.914. The van der Waals surface area contributed by atoms with Gasteiger partial charge in [0.2, 0.25) is 11.8 Å². The van der Waals surface area contributed by atoms with Crippen molar-refractivity contribution in [3.63, 3.8) is 0 Å². The van der Waals surface area contributed by atoms with Gasteiger partial charge in [0.1, 0.15) is 12.7 Å². The average Bonchev–Trinajstić information content (AvgIpc) is 3.23. The van der Waals surface area contributed by atoms with Crippen LogP contribution >= 0.6 is 0 Å². The summed E-state index contributed by atoms with van der Waals surface area (Å²) in [6, 6.07) is 10.2. The third kappa shape index (κ3) is 6.14. The van der Waals surface area contributed by atoms with Crippen molar-refractivity contribution in [3.05, 3.63) is 66.2 Å². The Bertz CT molecular complexity index is 1080. The predicted octanol–water partition coefficient (Wildman–Crippen LogP) is 3.10. The molecule has 0 atom stereocenters. The number of anilines is 2. The number of carbonyl (C=O) groups excluding carboxylic acids is 2. The number of halogens is 3. The molecule has 1 heterocycles. The second kappa shape index (κ2) is 9.60. The monoisotopic (exact) mass is 446 g/mol. The van der Waals surface area contributed by atoms with Crippen molar-refractivity contribution >= 4 is 23.2 Å². The fourth-order valence-electron chi connectivity index (χ4n) is 2.92. The Morgan fingerprint density at radius 1 is 1.03 bits per heavy atom. The number of alkyl halides is 3. The van der Waals surface area contributed by atoms with Crippen molar-refractivity contribution in [3.8, 4) is 5.69 Å². The van der Waals surface area contributed by atoms with E-state index < -0.39 is 17.6 Å². The van der Waals surface area contributed by atoms with Gasteiger partial charge in [0.25, 0.3) is 0 Å². The molecule has 0 fully saturated rings. The van der Waals surface area contributed by atoms with Gasteiger partial charge in [0, 0.05) is 5.69 Å². The molecule has 11 heteroatoms. The number of amides is 2. The van der Waals surface area contributed by atoms with E-state index in [2.05, 4.69) is 20.7 Å². The van der Waals surface area contributed by atoms with E-state index in [1.165, 1.54) is 28.3 Å². The highest BCUT2D eigenvalue weighted by Gasteiger charge is 2.31. The third-order valence-corrected chi connectivity index (χ3v) is 4.43. The summed E-state index contributed by atoms with van der Waals surface area (Å²) in [7, 11) is 1.55. The minimum absolute atomic E-state index is 0.0761. The van der Waals surface area contributed by atoms with E-state index in [0.29, 0.717) is 5.69 Å². The zero-order valence-corrected chi connectivity index (χ0v) is 17.3. The van der Waals surface area contributed by atoms with Crippen LogP contribution in [0.1, 0.15) is 11.1 Å². The highest BCUT2D eigenvalue weighted by molar-refractivity contribution is 5.95. The van der Waals surface area contributed by atoms with E-state index in [4.69, 9.17) is 0 Å². The van der Waals surface area contributed by atoms with E-state index in [1.807, 2.05) is 19.1 Å². The number of aromatic nitrogens is 3. The Morgan fingerprint density at radius 3 is 2.28 bits per heavy atom. The molecule has 0 spiro atoms. The Morgan fingerprint density at radius 2 is 1.69 bits per heavy atom. The number of nitrogens with one attached hydrogen (secondary N) is 2. The van der Waals surface area contributed by atoms with Gasteiger partial charge < -0.3 is 10.6 Å². The zero-order chi connectivity index (χ0) is 23.3. The van der Waals surface area contributed by atoms with Crippen LogP contribution in [-0.4, -0.2) is 51.6 Å². The molecule has 8 nitrogen and oxygen atoms in total. The molecule has 3 aromatic rings. The standard InChI is InChI=1S/C21H21F3N6O2/c1-14-3-6-16(7-4-14)27-19(31)10-29(2)11-20(32)28-17-9-15(21(22,23)24)5-8-18(17)30-13-25-12-26-30/h3-9,12-13H,10-11H2,1-2H3,(H,27,31)(H,28,32). The van der Waals surface area contributed by atoms with Gasteiger partial charge in [-0.3, -0.25) is 14.5 Å². The van der Waals surface area contributed by atoms with Crippen molar-refractivity contribution in [1.82, 2.24) is 19.7 Å². The Labute approximate surface area is 182 Å². The average molecular weight is 446 g/mol. The molecule has 1 aromatic heterocycles. The molecule has 0 aliphatic carbocycles. The lowest BCUT2D eigenvalue weighted by Crippen LogP contribution is -2.36. The third-order valence-electron chi connectivity index (χ3n) is 4.43. The summed E-state index contributed by atoms with van der Waals surface area (Å²) in [6.45, 7) is 1.63. The van der Waals surface area contributed by atoms with Gasteiger partial charge in [0.15, 0.2) is 0 Å². The highest BCUT2D eigenvalue weighted by atomic mass is 19.4. The second-order valence-corrected chi connectivity index (χ2v) is 7.20. The molecular formula is C21H21F3N6O2. The number of benzene rings is 2. The van der Waals surface area contributed by atoms with Crippen LogP contribution in [0.4, 0.5) is 24.5 Å². The van der Waals surface area contributed by atoms with Crippen molar-refractivity contribution in [1.29, 1.82) is 0 Å². The molecule has 0 aliphatic rings. The maximum Gasteiger partial charge on any atom is 0.416 e. The van der Waals surface area contributed by atoms with Crippen molar-refractivity contribution in [2.45, 2.75) is 13.1 Å². The van der Waals surface area contributed by atoms with Gasteiger partial charge in [0.05, 0.1) is 30.0 Å². The quantitative estimate of drug-likeness (QED) is 0.582. The molecule has 0 radical (unpaired) electrons. The van der Waals surface area contributed by atoms with Gasteiger partial charge >= 0.3 is 6.18 Å². The fourth-order valence-corrected chi connectivity index (χ4v) is 2.92. The summed E-state index contributed by atoms with van der Waals surface area (Å²) >= 11 is 0. The van der Waals surface area contributed by atoms with Crippen LogP contribution in [-0.2, 0) is 15.8 Å². The molecule has 0 aliphatic heterocycles. The van der Waals surface area contributed by atoms with Crippen LogP contribution in [0.15, 0.2) is 55.1 Å². The molecule has 0 saturated heterocycles. The number of nitrogens with zero attached hydrogens (tertiary/aromatic N) is 4. The summed E-state index contributed by atoms with van der Waals surface area (Å²) in [4.78, 5) is 29.9. The molecular weight excluding hydrogens is 425 g/mol. The topological polar surface area (TPSA) is 92.2 Å². The number of hydrogen-bond donors (Lipinski definition) is 2. The normalized spacial score (nSPS) is 11.4. The lowest BCUT2D eigenvalue weighted by atomic mass is 10.1. The molecule has 168 valence electrons. The van der Waals surface area contributed by atoms with E-state index in [1.54, 1.807) is 19.2 Å². The predicted molar refractivity (Wildman–Crippen MR) is 112 cm³/mol. The van der Waals surface area contributed by atoms with E-state index in [0.717, 1.165) is 17.7 Å². The van der Waals surface area contributed by atoms with Crippen LogP contribution in [0.2, 0.25) is 0 Å². The minimum atomic E-state index is -4.58. The van der Waals surface area contributed by atoms with Crippen LogP contribution in [0, 0.1) is 6.92 Å². The van der Waals surface area contributed by atoms with Crippen molar-refractivity contribution in [2.75, 3.05) is 30.8 Å². The second-order valence-electron chi connectivity index (χ2n) is 7.20. The first-order valence-electron chi connectivity index (χ1n) is 9.53. The van der Waals surface area contributed by atoms with E-state index >= 15 is 0 Å². The molecule has 0 saturated carbocycles. The maximum absolute atomic E-state index is 13.1. The Hall–Kier alpha value is -3.73. The first-order chi connectivity index (χ1) is 15.1. The Balaban J connectivity index is 1.65. The summed E-state index contributed by atoms with van der Waals surface area (Å²) in [6.07, 6.45) is -2.05. The first-order valence-corrected chi connectivity index (χ1v) is 9.53. The van der Waals surface area contributed by atoms with Gasteiger partial charge in [-0.05, 0) is 44.3 Å². The van der Waals surface area contributed by atoms with Crippen LogP contribution in [0.5, 0.6) is 0 Å². The molecule has 2 N–H and O–H groups in total. The fraction of sp³-hybridized carbons (Fsp3) is 0.238. The molecule has 0 bridgehead atoms. The van der Waals surface area contributed by atoms with Gasteiger partial charge in [-0.2, -0.15) is 18.3 Å². The van der Waals surface area contributed by atoms with Crippen LogP contribution in [0.3, 0.4) is 0 Å². The van der Waals surface area contributed by atoms with E-state index in [-0.39, 0.29) is 30.4 Å². The molecule has 0 unspecified atom stereocenters.